The van der Waals surface area contributed by atoms with Gasteiger partial charge in [0, 0.05) is 5.56 Å². The molecule has 0 aliphatic carbocycles. The SMILES string of the molecule is COc1c(C(=O)O)ccc(COc2cccc([C@@H](NC(=O)OC(C)(C)C)c3ccccc3)c2)c1CCCC1OCCO1. The fourth-order valence-corrected chi connectivity index (χ4v) is 4.87. The quantitative estimate of drug-likeness (QED) is 0.259. The van der Waals surface area contributed by atoms with E-state index in [2.05, 4.69) is 5.32 Å². The third kappa shape index (κ3) is 8.47. The van der Waals surface area contributed by atoms with Crippen molar-refractivity contribution in [3.05, 3.63) is 94.5 Å². The number of amides is 1. The number of carboxylic acids is 1. The Balaban J connectivity index is 1.55. The highest BCUT2D eigenvalue weighted by molar-refractivity contribution is 5.91. The lowest BCUT2D eigenvalue weighted by Crippen LogP contribution is -2.35. The molecule has 1 atom stereocenters. The molecule has 0 aromatic heterocycles. The average Bonchev–Trinajstić information content (AvgIpc) is 3.48. The first-order valence-electron chi connectivity index (χ1n) is 14.1. The van der Waals surface area contributed by atoms with Gasteiger partial charge in [0.1, 0.15) is 29.3 Å². The van der Waals surface area contributed by atoms with Crippen LogP contribution in [-0.4, -0.2) is 49.4 Å². The van der Waals surface area contributed by atoms with Crippen molar-refractivity contribution in [3.8, 4) is 11.5 Å². The molecule has 1 amide bonds. The van der Waals surface area contributed by atoms with Crippen LogP contribution in [0, 0.1) is 0 Å². The van der Waals surface area contributed by atoms with Gasteiger partial charge in [-0.15, -0.1) is 0 Å². The van der Waals surface area contributed by atoms with Crippen LogP contribution in [0.5, 0.6) is 11.5 Å². The van der Waals surface area contributed by atoms with Gasteiger partial charge in [-0.1, -0.05) is 48.5 Å². The molecule has 42 heavy (non-hydrogen) atoms. The third-order valence-electron chi connectivity index (χ3n) is 6.73. The summed E-state index contributed by atoms with van der Waals surface area (Å²) in [6.45, 7) is 6.82. The fourth-order valence-electron chi connectivity index (χ4n) is 4.87. The average molecular weight is 578 g/mol. The number of aromatic carboxylic acids is 1. The monoisotopic (exact) mass is 577 g/mol. The second-order valence-electron chi connectivity index (χ2n) is 11.0. The minimum atomic E-state index is -1.06. The highest BCUT2D eigenvalue weighted by atomic mass is 16.7. The summed E-state index contributed by atoms with van der Waals surface area (Å²) in [5.41, 5.74) is 2.78. The Kier molecular flexibility index (Phi) is 10.4. The van der Waals surface area contributed by atoms with Crippen LogP contribution in [0.1, 0.15) is 72.3 Å². The molecule has 0 bridgehead atoms. The highest BCUT2D eigenvalue weighted by Gasteiger charge is 2.23. The number of nitrogens with one attached hydrogen (secondary N) is 1. The van der Waals surface area contributed by atoms with E-state index in [4.69, 9.17) is 23.7 Å². The van der Waals surface area contributed by atoms with E-state index in [1.54, 1.807) is 12.1 Å². The molecule has 2 N–H and O–H groups in total. The summed E-state index contributed by atoms with van der Waals surface area (Å²) in [7, 11) is 1.48. The number of rotatable bonds is 12. The zero-order valence-electron chi connectivity index (χ0n) is 24.6. The number of carboxylic acid groups (broad SMARTS) is 1. The maximum absolute atomic E-state index is 12.7. The van der Waals surface area contributed by atoms with Gasteiger partial charge in [-0.2, -0.15) is 0 Å². The second kappa shape index (κ2) is 14.2. The van der Waals surface area contributed by atoms with Crippen LogP contribution in [0.15, 0.2) is 66.7 Å². The largest absolute Gasteiger partial charge is 0.496 e. The van der Waals surface area contributed by atoms with Crippen LogP contribution in [0.3, 0.4) is 0 Å². The molecule has 1 aliphatic rings. The Morgan fingerprint density at radius 2 is 1.71 bits per heavy atom. The molecule has 1 saturated heterocycles. The van der Waals surface area contributed by atoms with Crippen molar-refractivity contribution >= 4 is 12.1 Å². The summed E-state index contributed by atoms with van der Waals surface area (Å²) < 4.78 is 28.4. The van der Waals surface area contributed by atoms with E-state index in [0.29, 0.717) is 37.6 Å². The number of ether oxygens (including phenoxy) is 5. The number of methoxy groups -OCH3 is 1. The minimum absolute atomic E-state index is 0.102. The molecule has 0 spiro atoms. The lowest BCUT2D eigenvalue weighted by molar-refractivity contribution is -0.0476. The van der Waals surface area contributed by atoms with Crippen molar-refractivity contribution in [3.63, 3.8) is 0 Å². The van der Waals surface area contributed by atoms with Crippen molar-refractivity contribution in [2.75, 3.05) is 20.3 Å². The maximum atomic E-state index is 12.7. The van der Waals surface area contributed by atoms with Crippen LogP contribution in [0.25, 0.3) is 0 Å². The van der Waals surface area contributed by atoms with Crippen molar-refractivity contribution in [1.82, 2.24) is 5.32 Å². The predicted octanol–water partition coefficient (Wildman–Crippen LogP) is 6.28. The molecule has 9 heteroatoms. The number of hydrogen-bond donors (Lipinski definition) is 2. The molecule has 1 aliphatic heterocycles. The van der Waals surface area contributed by atoms with Crippen LogP contribution in [0.2, 0.25) is 0 Å². The molecule has 224 valence electrons. The van der Waals surface area contributed by atoms with Crippen molar-refractivity contribution < 1.29 is 38.4 Å². The first kappa shape index (κ1) is 30.9. The van der Waals surface area contributed by atoms with Crippen molar-refractivity contribution in [2.24, 2.45) is 0 Å². The molecule has 0 unspecified atom stereocenters. The summed E-state index contributed by atoms with van der Waals surface area (Å²) >= 11 is 0. The smallest absolute Gasteiger partial charge is 0.408 e. The molecule has 0 saturated carbocycles. The topological polar surface area (TPSA) is 113 Å². The van der Waals surface area contributed by atoms with Gasteiger partial charge in [0.2, 0.25) is 0 Å². The molecule has 3 aromatic carbocycles. The summed E-state index contributed by atoms with van der Waals surface area (Å²) in [6, 6.07) is 20.0. The minimum Gasteiger partial charge on any atom is -0.496 e. The number of hydrogen-bond acceptors (Lipinski definition) is 7. The van der Waals surface area contributed by atoms with E-state index in [0.717, 1.165) is 28.7 Å². The van der Waals surface area contributed by atoms with Crippen LogP contribution >= 0.6 is 0 Å². The molecule has 3 aromatic rings. The van der Waals surface area contributed by atoms with E-state index >= 15 is 0 Å². The highest BCUT2D eigenvalue weighted by Crippen LogP contribution is 2.32. The van der Waals surface area contributed by atoms with Crippen molar-refractivity contribution in [1.29, 1.82) is 0 Å². The van der Waals surface area contributed by atoms with E-state index in [9.17, 15) is 14.7 Å². The van der Waals surface area contributed by atoms with Gasteiger partial charge in [0.15, 0.2) is 6.29 Å². The Hall–Kier alpha value is -4.08. The lowest BCUT2D eigenvalue weighted by Gasteiger charge is -2.24. The zero-order valence-corrected chi connectivity index (χ0v) is 24.6. The number of benzene rings is 3. The van der Waals surface area contributed by atoms with E-state index in [1.165, 1.54) is 7.11 Å². The zero-order chi connectivity index (χ0) is 30.1. The molecule has 1 heterocycles. The normalized spacial score (nSPS) is 14.3. The molecule has 9 nitrogen and oxygen atoms in total. The van der Waals surface area contributed by atoms with Gasteiger partial charge in [0.05, 0.1) is 26.4 Å². The van der Waals surface area contributed by atoms with Crippen LogP contribution in [-0.2, 0) is 27.2 Å². The predicted molar refractivity (Wildman–Crippen MR) is 157 cm³/mol. The Bertz CT molecular complexity index is 1350. The van der Waals surface area contributed by atoms with Gasteiger partial charge >= 0.3 is 12.1 Å². The lowest BCUT2D eigenvalue weighted by atomic mass is 9.97. The first-order chi connectivity index (χ1) is 20.1. The Morgan fingerprint density at radius 1 is 1.00 bits per heavy atom. The summed E-state index contributed by atoms with van der Waals surface area (Å²) in [6.07, 6.45) is 1.22. The van der Waals surface area contributed by atoms with Crippen molar-refractivity contribution in [2.45, 2.75) is 64.6 Å². The van der Waals surface area contributed by atoms with E-state index < -0.39 is 23.7 Å². The van der Waals surface area contributed by atoms with Gasteiger partial charge in [-0.25, -0.2) is 9.59 Å². The number of carbonyl (C=O) groups is 2. The van der Waals surface area contributed by atoms with Crippen LogP contribution < -0.4 is 14.8 Å². The molecular formula is C33H39NO8. The van der Waals surface area contributed by atoms with Gasteiger partial charge in [-0.05, 0) is 74.9 Å². The maximum Gasteiger partial charge on any atom is 0.408 e. The van der Waals surface area contributed by atoms with E-state index in [-0.39, 0.29) is 18.5 Å². The van der Waals surface area contributed by atoms with Crippen LogP contribution in [0.4, 0.5) is 4.79 Å². The fraction of sp³-hybridized carbons (Fsp3) is 0.394. The summed E-state index contributed by atoms with van der Waals surface area (Å²) in [5.74, 6) is -0.129. The van der Waals surface area contributed by atoms with Gasteiger partial charge < -0.3 is 34.1 Å². The number of alkyl carbamates (subject to hydrolysis) is 1. The summed E-state index contributed by atoms with van der Waals surface area (Å²) in [4.78, 5) is 24.6. The second-order valence-corrected chi connectivity index (χ2v) is 11.0. The molecule has 1 fully saturated rings. The Labute approximate surface area is 246 Å². The summed E-state index contributed by atoms with van der Waals surface area (Å²) in [5, 5.41) is 12.7. The van der Waals surface area contributed by atoms with E-state index in [1.807, 2.05) is 75.4 Å². The first-order valence-corrected chi connectivity index (χ1v) is 14.1. The third-order valence-corrected chi connectivity index (χ3v) is 6.73. The molecular weight excluding hydrogens is 538 g/mol. The standard InChI is InChI=1S/C33H39NO8/c1-33(2,3)42-32(37)34-29(22-10-6-5-7-11-22)23-12-8-13-25(20-23)41-21-24-16-17-27(31(35)36)30(38-4)26(24)14-9-15-28-39-18-19-40-28/h5-8,10-13,16-17,20,28-29H,9,14-15,18-19,21H2,1-4H3,(H,34,37)(H,35,36)/t29-/m0/s1. The molecule has 4 rings (SSSR count). The Morgan fingerprint density at radius 3 is 2.38 bits per heavy atom. The number of carbonyl (C=O) groups excluding carboxylic acids is 1. The van der Waals surface area contributed by atoms with Gasteiger partial charge in [0.25, 0.3) is 0 Å². The molecule has 0 radical (unpaired) electrons. The van der Waals surface area contributed by atoms with Gasteiger partial charge in [-0.3, -0.25) is 0 Å².